The van der Waals surface area contributed by atoms with E-state index in [0.717, 1.165) is 29.7 Å². The average molecular weight is 709 g/mol. The van der Waals surface area contributed by atoms with Crippen LogP contribution in [-0.2, 0) is 8.87 Å². The van der Waals surface area contributed by atoms with E-state index in [1.165, 1.54) is 41.6 Å². The van der Waals surface area contributed by atoms with Gasteiger partial charge in [-0.15, -0.1) is 0 Å². The van der Waals surface area contributed by atoms with Gasteiger partial charge in [0.1, 0.15) is 0 Å². The minimum atomic E-state index is -0.688. The molecule has 5 rings (SSSR count). The first-order valence-corrected chi connectivity index (χ1v) is 17.7. The van der Waals surface area contributed by atoms with Crippen molar-refractivity contribution >= 4 is 78.8 Å². The van der Waals surface area contributed by atoms with Gasteiger partial charge in [-0.25, -0.2) is 5.43 Å². The Morgan fingerprint density at radius 3 is 2.00 bits per heavy atom. The molecule has 0 spiro atoms. The Hall–Kier alpha value is -3.23. The largest absolute Gasteiger partial charge is 0.872 e. The minimum Gasteiger partial charge on any atom is -0.872 e. The first kappa shape index (κ1) is 30.7. The molecule has 0 bridgehead atoms. The van der Waals surface area contributed by atoms with Crippen LogP contribution < -0.4 is 15.6 Å². The van der Waals surface area contributed by atoms with Gasteiger partial charge < -0.3 is 10.2 Å². The summed E-state index contributed by atoms with van der Waals surface area (Å²) in [5, 5.41) is 31.1. The Labute approximate surface area is 263 Å². The predicted molar refractivity (Wildman–Crippen MR) is 165 cm³/mol. The summed E-state index contributed by atoms with van der Waals surface area (Å²) in [5.41, 5.74) is 5.06. The maximum absolute atomic E-state index is 12.0. The minimum absolute atomic E-state index is 0.111. The summed E-state index contributed by atoms with van der Waals surface area (Å²) in [6, 6.07) is 30.6. The van der Waals surface area contributed by atoms with Crippen LogP contribution >= 0.6 is 34.8 Å². The van der Waals surface area contributed by atoms with Crippen LogP contribution in [0.5, 0.6) is 11.5 Å². The van der Waals surface area contributed by atoms with Gasteiger partial charge in [-0.2, -0.15) is 5.10 Å². The zero-order chi connectivity index (χ0) is 29.2. The van der Waals surface area contributed by atoms with Crippen molar-refractivity contribution in [2.75, 3.05) is 0 Å². The Balaban J connectivity index is 0.000000201. The van der Waals surface area contributed by atoms with Gasteiger partial charge in [0.2, 0.25) is 0 Å². The summed E-state index contributed by atoms with van der Waals surface area (Å²) in [6.45, 7) is 0. The molecule has 5 nitrogen and oxygen atoms in total. The number of carbonyl (C=O) groups excluding carboxylic acids is 1. The number of hydrogen-bond acceptors (Lipinski definition) is 4. The second-order valence-electron chi connectivity index (χ2n) is 8.82. The van der Waals surface area contributed by atoms with Crippen LogP contribution in [0, 0.1) is 0 Å². The molecule has 0 radical (unpaired) electrons. The smallest absolute Gasteiger partial charge is 0.270 e. The van der Waals surface area contributed by atoms with E-state index < -0.39 is 32.8 Å². The Bertz CT molecular complexity index is 1650. The number of rotatable bonds is 7. The molecule has 0 atom stereocenters. The molecule has 0 aromatic heterocycles. The molecule has 41 heavy (non-hydrogen) atoms. The number of carbonyl (C=O) groups is 1. The van der Waals surface area contributed by atoms with Crippen LogP contribution in [0.1, 0.15) is 27.0 Å². The summed E-state index contributed by atoms with van der Waals surface area (Å²) in [4.78, 5) is 12.0. The summed E-state index contributed by atoms with van der Waals surface area (Å²) in [6.07, 6.45) is 1.28. The number of hydrazone groups is 1. The van der Waals surface area contributed by atoms with E-state index in [0.29, 0.717) is 5.56 Å². The van der Waals surface area contributed by atoms with Crippen molar-refractivity contribution in [2.45, 2.75) is 8.87 Å². The van der Waals surface area contributed by atoms with Crippen molar-refractivity contribution in [3.8, 4) is 11.5 Å². The summed E-state index contributed by atoms with van der Waals surface area (Å²) in [5.74, 6) is -1.35. The Morgan fingerprint density at radius 1 is 0.756 bits per heavy atom. The number of amides is 1. The summed E-state index contributed by atoms with van der Waals surface area (Å²) >= 11 is 17.6. The molecule has 5 aromatic carbocycles. The van der Waals surface area contributed by atoms with E-state index in [2.05, 4.69) is 34.8 Å². The third-order valence-corrected chi connectivity index (χ3v) is 10.6. The van der Waals surface area contributed by atoms with Crippen molar-refractivity contribution in [1.29, 1.82) is 0 Å². The van der Waals surface area contributed by atoms with Crippen LogP contribution in [0.2, 0.25) is 15.1 Å². The number of fused-ring (bicyclic) bond motifs is 1. The van der Waals surface area contributed by atoms with Crippen LogP contribution in [-0.4, -0.2) is 33.3 Å². The average Bonchev–Trinajstić information content (AvgIpc) is 2.98. The van der Waals surface area contributed by atoms with Crippen molar-refractivity contribution in [2.24, 2.45) is 5.10 Å². The standard InChI is InChI=1S/C18H13ClN2O3.2C7H6Cl.Sn/c19-12-6-8-16(22)14(9-12)18(24)21-20-10-15-13-4-2-1-3-11(13)5-7-17(15)23;2*1-6-4-2-3-5-7(6)8;/h1-10,22-23H,(H,21,24);2*2-5H,1H2;/q;;;+2/p-2/b20-10+;;;. The van der Waals surface area contributed by atoms with E-state index in [9.17, 15) is 15.0 Å². The number of nitrogens with zero attached hydrogens (tertiary/aromatic N) is 1. The first-order valence-electron chi connectivity index (χ1n) is 12.5. The number of nitrogens with one attached hydrogen (secondary N) is 1. The van der Waals surface area contributed by atoms with E-state index in [-0.39, 0.29) is 16.3 Å². The van der Waals surface area contributed by atoms with Crippen molar-refractivity contribution < 1.29 is 15.0 Å². The third-order valence-electron chi connectivity index (χ3n) is 6.02. The van der Waals surface area contributed by atoms with E-state index in [4.69, 9.17) is 34.8 Å². The molecule has 204 valence electrons. The molecule has 0 saturated heterocycles. The fourth-order valence-corrected chi connectivity index (χ4v) is 8.79. The molecule has 0 aliphatic heterocycles. The molecule has 0 saturated carbocycles. The van der Waals surface area contributed by atoms with E-state index >= 15 is 0 Å². The topological polar surface area (TPSA) is 87.6 Å². The van der Waals surface area contributed by atoms with Gasteiger partial charge in [0.25, 0.3) is 5.91 Å². The number of benzene rings is 5. The number of hydrogen-bond donors (Lipinski definition) is 1. The van der Waals surface area contributed by atoms with E-state index in [1.807, 2.05) is 42.5 Å². The van der Waals surface area contributed by atoms with Crippen LogP contribution in [0.3, 0.4) is 0 Å². The quantitative estimate of drug-likeness (QED) is 0.115. The second-order valence-corrected chi connectivity index (χ2v) is 13.5. The van der Waals surface area contributed by atoms with Gasteiger partial charge in [-0.3, -0.25) is 4.79 Å². The third kappa shape index (κ3) is 8.63. The second kappa shape index (κ2) is 15.1. The zero-order valence-corrected chi connectivity index (χ0v) is 26.7. The van der Waals surface area contributed by atoms with Crippen molar-refractivity contribution in [1.82, 2.24) is 5.43 Å². The van der Waals surface area contributed by atoms with Gasteiger partial charge >= 0.3 is 123 Å². The molecule has 1 N–H and O–H groups in total. The fraction of sp³-hybridized carbons (Fsp3) is 0.0625. The first-order chi connectivity index (χ1) is 19.8. The Kier molecular flexibility index (Phi) is 11.3. The van der Waals surface area contributed by atoms with Gasteiger partial charge in [0.05, 0.1) is 6.21 Å². The van der Waals surface area contributed by atoms with Crippen molar-refractivity contribution in [3.05, 3.63) is 140 Å². The molecule has 0 fully saturated rings. The molecule has 5 aromatic rings. The summed E-state index contributed by atoms with van der Waals surface area (Å²) < 4.78 is 2.32. The maximum Gasteiger partial charge on any atom is 0.270 e. The van der Waals surface area contributed by atoms with Gasteiger partial charge in [-0.05, 0) is 28.5 Å². The maximum atomic E-state index is 12.0. The molecule has 0 unspecified atom stereocenters. The summed E-state index contributed by atoms with van der Waals surface area (Å²) in [7, 11) is 0. The zero-order valence-electron chi connectivity index (χ0n) is 21.6. The molecular formula is C32H23Cl3N2O3Sn. The van der Waals surface area contributed by atoms with Crippen molar-refractivity contribution in [3.63, 3.8) is 0 Å². The monoisotopic (exact) mass is 708 g/mol. The SMILES string of the molecule is Clc1ccccc1[CH2][Sn+2][CH2]c1ccccc1Cl.O=C(N/N=C/c1c([O-])ccc2ccccc12)c1cc(Cl)ccc1[O-]. The molecular weight excluding hydrogens is 685 g/mol. The normalized spacial score (nSPS) is 10.6. The van der Waals surface area contributed by atoms with Gasteiger partial charge in [0, 0.05) is 10.6 Å². The van der Waals surface area contributed by atoms with Gasteiger partial charge in [-0.1, -0.05) is 65.6 Å². The number of halogens is 3. The van der Waals surface area contributed by atoms with Gasteiger partial charge in [0.15, 0.2) is 0 Å². The molecule has 0 aliphatic rings. The molecule has 0 aliphatic carbocycles. The molecule has 9 heteroatoms. The van der Waals surface area contributed by atoms with Crippen LogP contribution in [0.4, 0.5) is 0 Å². The molecule has 1 amide bonds. The molecule has 0 heterocycles. The van der Waals surface area contributed by atoms with Crippen LogP contribution in [0.15, 0.2) is 108 Å². The predicted octanol–water partition coefficient (Wildman–Crippen LogP) is 6.80. The fourth-order valence-electron chi connectivity index (χ4n) is 3.92. The van der Waals surface area contributed by atoms with E-state index in [1.54, 1.807) is 12.1 Å². The van der Waals surface area contributed by atoms with Crippen LogP contribution in [0.25, 0.3) is 10.8 Å². The Morgan fingerprint density at radius 2 is 1.34 bits per heavy atom.